The molecule has 2 nitrogen and oxygen atoms in total. The van der Waals surface area contributed by atoms with Gasteiger partial charge in [-0.2, -0.15) is 0 Å². The number of benzene rings is 1. The summed E-state index contributed by atoms with van der Waals surface area (Å²) < 4.78 is 13.1. The Morgan fingerprint density at radius 3 is 2.85 bits per heavy atom. The number of halogens is 1. The van der Waals surface area contributed by atoms with E-state index in [1.165, 1.54) is 6.07 Å². The third-order valence-electron chi connectivity index (χ3n) is 1.68. The summed E-state index contributed by atoms with van der Waals surface area (Å²) in [5, 5.41) is 8.81. The minimum atomic E-state index is -0.304. The van der Waals surface area contributed by atoms with E-state index in [2.05, 4.69) is 0 Å². The fourth-order valence-corrected chi connectivity index (χ4v) is 1.01. The fourth-order valence-electron chi connectivity index (χ4n) is 1.01. The van der Waals surface area contributed by atoms with Gasteiger partial charge in [-0.25, -0.2) is 4.39 Å². The average Bonchev–Trinajstić information content (AvgIpc) is 2.17. The SMILES string of the molecule is NCC=Cc1cc(CO)ccc1F. The summed E-state index contributed by atoms with van der Waals surface area (Å²) >= 11 is 0. The predicted molar refractivity (Wildman–Crippen MR) is 50.4 cm³/mol. The summed E-state index contributed by atoms with van der Waals surface area (Å²) in [7, 11) is 0. The Balaban J connectivity index is 2.97. The van der Waals surface area contributed by atoms with Crippen LogP contribution in [-0.2, 0) is 6.61 Å². The van der Waals surface area contributed by atoms with Crippen molar-refractivity contribution < 1.29 is 9.50 Å². The lowest BCUT2D eigenvalue weighted by atomic mass is 10.1. The van der Waals surface area contributed by atoms with Gasteiger partial charge in [-0.3, -0.25) is 0 Å². The first kappa shape index (κ1) is 9.89. The average molecular weight is 181 g/mol. The third kappa shape index (κ3) is 2.65. The van der Waals surface area contributed by atoms with E-state index in [0.29, 0.717) is 17.7 Å². The molecule has 0 saturated carbocycles. The van der Waals surface area contributed by atoms with Crippen LogP contribution in [0.15, 0.2) is 24.3 Å². The van der Waals surface area contributed by atoms with Crippen LogP contribution in [0.4, 0.5) is 4.39 Å². The van der Waals surface area contributed by atoms with Crippen molar-refractivity contribution in [1.29, 1.82) is 0 Å². The van der Waals surface area contributed by atoms with Gasteiger partial charge in [0.1, 0.15) is 5.82 Å². The zero-order valence-corrected chi connectivity index (χ0v) is 7.20. The standard InChI is InChI=1S/C10H12FNO/c11-10-4-3-8(7-13)6-9(10)2-1-5-12/h1-4,6,13H,5,7,12H2. The highest BCUT2D eigenvalue weighted by atomic mass is 19.1. The molecule has 0 aromatic heterocycles. The molecule has 1 aromatic rings. The van der Waals surface area contributed by atoms with E-state index >= 15 is 0 Å². The lowest BCUT2D eigenvalue weighted by Crippen LogP contribution is -1.93. The highest BCUT2D eigenvalue weighted by molar-refractivity contribution is 5.51. The Morgan fingerprint density at radius 1 is 1.46 bits per heavy atom. The van der Waals surface area contributed by atoms with Gasteiger partial charge in [0.15, 0.2) is 0 Å². The smallest absolute Gasteiger partial charge is 0.130 e. The third-order valence-corrected chi connectivity index (χ3v) is 1.68. The number of aliphatic hydroxyl groups is 1. The van der Waals surface area contributed by atoms with Crippen LogP contribution in [0.3, 0.4) is 0 Å². The zero-order chi connectivity index (χ0) is 9.68. The van der Waals surface area contributed by atoms with Gasteiger partial charge in [-0.1, -0.05) is 18.2 Å². The number of nitrogens with two attached hydrogens (primary N) is 1. The molecule has 0 spiro atoms. The maximum Gasteiger partial charge on any atom is 0.130 e. The molecule has 0 fully saturated rings. The van der Waals surface area contributed by atoms with Crippen molar-refractivity contribution in [3.05, 3.63) is 41.2 Å². The highest BCUT2D eigenvalue weighted by Gasteiger charge is 1.98. The summed E-state index contributed by atoms with van der Waals surface area (Å²) in [5.41, 5.74) is 6.39. The molecule has 0 unspecified atom stereocenters. The lowest BCUT2D eigenvalue weighted by molar-refractivity contribution is 0.281. The Labute approximate surface area is 76.5 Å². The van der Waals surface area contributed by atoms with E-state index < -0.39 is 0 Å². The second kappa shape index (κ2) is 4.74. The molecule has 0 bridgehead atoms. The van der Waals surface area contributed by atoms with Gasteiger partial charge >= 0.3 is 0 Å². The highest BCUT2D eigenvalue weighted by Crippen LogP contribution is 2.12. The Morgan fingerprint density at radius 2 is 2.23 bits per heavy atom. The molecule has 13 heavy (non-hydrogen) atoms. The summed E-state index contributed by atoms with van der Waals surface area (Å²) in [5.74, 6) is -0.304. The van der Waals surface area contributed by atoms with Crippen molar-refractivity contribution in [3.63, 3.8) is 0 Å². The molecular formula is C10H12FNO. The normalized spacial score (nSPS) is 11.0. The van der Waals surface area contributed by atoms with E-state index in [9.17, 15) is 4.39 Å². The summed E-state index contributed by atoms with van der Waals surface area (Å²) in [6.07, 6.45) is 3.27. The van der Waals surface area contributed by atoms with Gasteiger partial charge in [0.2, 0.25) is 0 Å². The van der Waals surface area contributed by atoms with Gasteiger partial charge in [-0.15, -0.1) is 0 Å². The molecular weight excluding hydrogens is 169 g/mol. The number of hydrogen-bond acceptors (Lipinski definition) is 2. The van der Waals surface area contributed by atoms with Crippen molar-refractivity contribution in [2.24, 2.45) is 5.73 Å². The number of aliphatic hydroxyl groups excluding tert-OH is 1. The molecule has 0 amide bonds. The maximum atomic E-state index is 13.1. The van der Waals surface area contributed by atoms with Gasteiger partial charge in [0.25, 0.3) is 0 Å². The van der Waals surface area contributed by atoms with Crippen molar-refractivity contribution in [3.8, 4) is 0 Å². The van der Waals surface area contributed by atoms with E-state index in [4.69, 9.17) is 10.8 Å². The summed E-state index contributed by atoms with van der Waals surface area (Å²) in [6.45, 7) is 0.298. The second-order valence-electron chi connectivity index (χ2n) is 2.65. The lowest BCUT2D eigenvalue weighted by Gasteiger charge is -1.99. The minimum Gasteiger partial charge on any atom is -0.392 e. The molecule has 0 aliphatic rings. The molecule has 70 valence electrons. The molecule has 0 heterocycles. The first-order valence-corrected chi connectivity index (χ1v) is 4.04. The first-order chi connectivity index (χ1) is 6.27. The molecule has 0 saturated heterocycles. The monoisotopic (exact) mass is 181 g/mol. The Kier molecular flexibility index (Phi) is 3.61. The number of hydrogen-bond donors (Lipinski definition) is 2. The van der Waals surface area contributed by atoms with Crippen LogP contribution in [-0.4, -0.2) is 11.7 Å². The van der Waals surface area contributed by atoms with Gasteiger partial charge in [0, 0.05) is 12.1 Å². The van der Waals surface area contributed by atoms with E-state index in [1.54, 1.807) is 24.3 Å². The van der Waals surface area contributed by atoms with Gasteiger partial charge in [-0.05, 0) is 17.7 Å². The van der Waals surface area contributed by atoms with Crippen LogP contribution in [0.1, 0.15) is 11.1 Å². The van der Waals surface area contributed by atoms with Crippen LogP contribution in [0.5, 0.6) is 0 Å². The molecule has 1 aromatic carbocycles. The Bertz CT molecular complexity index is 310. The quantitative estimate of drug-likeness (QED) is 0.738. The summed E-state index contributed by atoms with van der Waals surface area (Å²) in [4.78, 5) is 0. The molecule has 0 radical (unpaired) electrons. The van der Waals surface area contributed by atoms with Gasteiger partial charge in [0.05, 0.1) is 6.61 Å². The molecule has 0 aliphatic carbocycles. The number of rotatable bonds is 3. The van der Waals surface area contributed by atoms with Crippen molar-refractivity contribution >= 4 is 6.08 Å². The minimum absolute atomic E-state index is 0.0796. The van der Waals surface area contributed by atoms with Crippen LogP contribution in [0.2, 0.25) is 0 Å². The molecule has 1 rings (SSSR count). The van der Waals surface area contributed by atoms with Crippen molar-refractivity contribution in [2.75, 3.05) is 6.54 Å². The van der Waals surface area contributed by atoms with Crippen molar-refractivity contribution in [1.82, 2.24) is 0 Å². The first-order valence-electron chi connectivity index (χ1n) is 4.04. The van der Waals surface area contributed by atoms with Crippen LogP contribution < -0.4 is 5.73 Å². The second-order valence-corrected chi connectivity index (χ2v) is 2.65. The van der Waals surface area contributed by atoms with E-state index in [0.717, 1.165) is 0 Å². The zero-order valence-electron chi connectivity index (χ0n) is 7.20. The van der Waals surface area contributed by atoms with Crippen molar-refractivity contribution in [2.45, 2.75) is 6.61 Å². The molecule has 3 N–H and O–H groups in total. The molecule has 3 heteroatoms. The fraction of sp³-hybridized carbons (Fsp3) is 0.200. The topological polar surface area (TPSA) is 46.2 Å². The van der Waals surface area contributed by atoms with E-state index in [1.807, 2.05) is 0 Å². The van der Waals surface area contributed by atoms with E-state index in [-0.39, 0.29) is 12.4 Å². The molecule has 0 atom stereocenters. The maximum absolute atomic E-state index is 13.1. The van der Waals surface area contributed by atoms with Crippen LogP contribution in [0, 0.1) is 5.82 Å². The largest absolute Gasteiger partial charge is 0.392 e. The molecule has 0 aliphatic heterocycles. The van der Waals surface area contributed by atoms with Crippen LogP contribution in [0.25, 0.3) is 6.08 Å². The predicted octanol–water partition coefficient (Wildman–Crippen LogP) is 1.29. The van der Waals surface area contributed by atoms with Crippen LogP contribution >= 0.6 is 0 Å². The van der Waals surface area contributed by atoms with Gasteiger partial charge < -0.3 is 10.8 Å². The Hall–Kier alpha value is -1.19. The summed E-state index contributed by atoms with van der Waals surface area (Å²) in [6, 6.07) is 4.48.